The number of hydrogen-bond donors (Lipinski definition) is 1. The Kier molecular flexibility index (Phi) is 4.14. The molecule has 0 amide bonds. The van der Waals surface area contributed by atoms with E-state index in [1.165, 1.54) is 16.7 Å². The van der Waals surface area contributed by atoms with Gasteiger partial charge in [-0.1, -0.05) is 18.2 Å². The van der Waals surface area contributed by atoms with Crippen LogP contribution in [0.25, 0.3) is 0 Å². The molecule has 4 nitrogen and oxygen atoms in total. The molecule has 1 atom stereocenters. The molecule has 1 aliphatic heterocycles. The van der Waals surface area contributed by atoms with E-state index in [0.717, 1.165) is 32.7 Å². The standard InChI is InChI=1S/C16H21N3O/c1-13(18-5-2-7-19-8-6-17-12-19)14-3-4-15-10-20-11-16(15)9-14/h3-4,6,8-9,12-13,18H,2,5,7,10-11H2,1H3. The molecular weight excluding hydrogens is 250 g/mol. The van der Waals surface area contributed by atoms with Crippen molar-refractivity contribution in [3.05, 3.63) is 53.6 Å². The number of hydrogen-bond acceptors (Lipinski definition) is 3. The largest absolute Gasteiger partial charge is 0.372 e. The molecular formula is C16H21N3O. The summed E-state index contributed by atoms with van der Waals surface area (Å²) >= 11 is 0. The monoisotopic (exact) mass is 271 g/mol. The zero-order chi connectivity index (χ0) is 13.8. The first kappa shape index (κ1) is 13.3. The number of rotatable bonds is 6. The number of aromatic nitrogens is 2. The molecule has 1 aliphatic rings. The SMILES string of the molecule is CC(NCCCn1ccnc1)c1ccc2c(c1)COC2. The first-order valence-electron chi connectivity index (χ1n) is 7.21. The molecule has 2 heterocycles. The van der Waals surface area contributed by atoms with Gasteiger partial charge in [-0.3, -0.25) is 0 Å². The summed E-state index contributed by atoms with van der Waals surface area (Å²) in [6, 6.07) is 7.06. The summed E-state index contributed by atoms with van der Waals surface area (Å²) in [6.07, 6.45) is 6.80. The van der Waals surface area contributed by atoms with Gasteiger partial charge in [0.25, 0.3) is 0 Å². The third-order valence-corrected chi connectivity index (χ3v) is 3.85. The highest BCUT2D eigenvalue weighted by molar-refractivity contribution is 5.34. The van der Waals surface area contributed by atoms with Gasteiger partial charge in [-0.2, -0.15) is 0 Å². The van der Waals surface area contributed by atoms with E-state index in [2.05, 4.69) is 40.0 Å². The zero-order valence-corrected chi connectivity index (χ0v) is 11.9. The number of nitrogens with one attached hydrogen (secondary N) is 1. The number of aryl methyl sites for hydroxylation is 1. The molecule has 0 bridgehead atoms. The van der Waals surface area contributed by atoms with Crippen LogP contribution < -0.4 is 5.32 Å². The molecule has 0 radical (unpaired) electrons. The second kappa shape index (κ2) is 6.20. The van der Waals surface area contributed by atoms with E-state index in [0.29, 0.717) is 6.04 Å². The summed E-state index contributed by atoms with van der Waals surface area (Å²) in [5.41, 5.74) is 4.02. The molecule has 0 saturated heterocycles. The Hall–Kier alpha value is -1.65. The van der Waals surface area contributed by atoms with Gasteiger partial charge >= 0.3 is 0 Å². The zero-order valence-electron chi connectivity index (χ0n) is 11.9. The van der Waals surface area contributed by atoms with E-state index in [9.17, 15) is 0 Å². The van der Waals surface area contributed by atoms with Crippen LogP contribution in [0.2, 0.25) is 0 Å². The van der Waals surface area contributed by atoms with E-state index in [4.69, 9.17) is 4.74 Å². The van der Waals surface area contributed by atoms with Crippen molar-refractivity contribution < 1.29 is 4.74 Å². The van der Waals surface area contributed by atoms with Crippen molar-refractivity contribution in [1.82, 2.24) is 14.9 Å². The molecule has 0 saturated carbocycles. The van der Waals surface area contributed by atoms with E-state index < -0.39 is 0 Å². The van der Waals surface area contributed by atoms with Crippen LogP contribution in [-0.4, -0.2) is 16.1 Å². The first-order valence-corrected chi connectivity index (χ1v) is 7.21. The molecule has 4 heteroatoms. The Morgan fingerprint density at radius 2 is 2.25 bits per heavy atom. The molecule has 3 rings (SSSR count). The molecule has 1 unspecified atom stereocenters. The molecule has 1 aromatic heterocycles. The molecule has 106 valence electrons. The van der Waals surface area contributed by atoms with Gasteiger partial charge in [-0.15, -0.1) is 0 Å². The maximum absolute atomic E-state index is 5.46. The lowest BCUT2D eigenvalue weighted by Gasteiger charge is -2.15. The van der Waals surface area contributed by atoms with E-state index in [-0.39, 0.29) is 0 Å². The quantitative estimate of drug-likeness (QED) is 0.821. The van der Waals surface area contributed by atoms with Crippen molar-refractivity contribution in [2.24, 2.45) is 0 Å². The normalized spacial score (nSPS) is 15.2. The van der Waals surface area contributed by atoms with E-state index in [1.807, 2.05) is 18.7 Å². The number of benzene rings is 1. The smallest absolute Gasteiger partial charge is 0.0945 e. The Morgan fingerprint density at radius 1 is 1.35 bits per heavy atom. The van der Waals surface area contributed by atoms with Crippen molar-refractivity contribution in [1.29, 1.82) is 0 Å². The van der Waals surface area contributed by atoms with Gasteiger partial charge in [0.05, 0.1) is 19.5 Å². The van der Waals surface area contributed by atoms with Crippen LogP contribution in [0.3, 0.4) is 0 Å². The van der Waals surface area contributed by atoms with Gasteiger partial charge in [0.15, 0.2) is 0 Å². The van der Waals surface area contributed by atoms with Gasteiger partial charge in [-0.05, 0) is 36.6 Å². The second-order valence-electron chi connectivity index (χ2n) is 5.35. The maximum atomic E-state index is 5.46. The molecule has 0 fully saturated rings. The number of fused-ring (bicyclic) bond motifs is 1. The van der Waals surface area contributed by atoms with E-state index >= 15 is 0 Å². The van der Waals surface area contributed by atoms with Crippen LogP contribution in [0, 0.1) is 0 Å². The number of imidazole rings is 1. The number of nitrogens with zero attached hydrogens (tertiary/aromatic N) is 2. The Balaban J connectivity index is 1.48. The van der Waals surface area contributed by atoms with Crippen molar-refractivity contribution in [3.8, 4) is 0 Å². The highest BCUT2D eigenvalue weighted by Crippen LogP contribution is 2.23. The minimum Gasteiger partial charge on any atom is -0.372 e. The summed E-state index contributed by atoms with van der Waals surface area (Å²) in [5, 5.41) is 3.58. The minimum atomic E-state index is 0.378. The van der Waals surface area contributed by atoms with Crippen molar-refractivity contribution in [2.45, 2.75) is 39.1 Å². The van der Waals surface area contributed by atoms with Crippen LogP contribution in [-0.2, 0) is 24.5 Å². The lowest BCUT2D eigenvalue weighted by atomic mass is 10.0. The molecule has 0 aliphatic carbocycles. The van der Waals surface area contributed by atoms with Gasteiger partial charge in [0, 0.05) is 25.0 Å². The van der Waals surface area contributed by atoms with Crippen molar-refractivity contribution in [3.63, 3.8) is 0 Å². The predicted molar refractivity (Wildman–Crippen MR) is 78.2 cm³/mol. The average molecular weight is 271 g/mol. The maximum Gasteiger partial charge on any atom is 0.0945 e. The van der Waals surface area contributed by atoms with Crippen LogP contribution in [0.4, 0.5) is 0 Å². The molecule has 1 N–H and O–H groups in total. The number of ether oxygens (including phenoxy) is 1. The Labute approximate surface area is 119 Å². The topological polar surface area (TPSA) is 39.1 Å². The van der Waals surface area contributed by atoms with Crippen LogP contribution in [0.15, 0.2) is 36.9 Å². The van der Waals surface area contributed by atoms with Crippen molar-refractivity contribution in [2.75, 3.05) is 6.54 Å². The third kappa shape index (κ3) is 3.08. The fourth-order valence-electron chi connectivity index (χ4n) is 2.58. The lowest BCUT2D eigenvalue weighted by molar-refractivity contribution is 0.134. The van der Waals surface area contributed by atoms with Crippen LogP contribution in [0.1, 0.15) is 36.1 Å². The minimum absolute atomic E-state index is 0.378. The third-order valence-electron chi connectivity index (χ3n) is 3.85. The fourth-order valence-corrected chi connectivity index (χ4v) is 2.58. The Bertz CT molecular complexity index is 551. The van der Waals surface area contributed by atoms with Gasteiger partial charge in [-0.25, -0.2) is 4.98 Å². The van der Waals surface area contributed by atoms with Crippen LogP contribution in [0.5, 0.6) is 0 Å². The Morgan fingerprint density at radius 3 is 3.10 bits per heavy atom. The fraction of sp³-hybridized carbons (Fsp3) is 0.438. The van der Waals surface area contributed by atoms with Gasteiger partial charge in [0.1, 0.15) is 0 Å². The molecule has 2 aromatic rings. The summed E-state index contributed by atoms with van der Waals surface area (Å²) < 4.78 is 7.57. The summed E-state index contributed by atoms with van der Waals surface area (Å²) in [4.78, 5) is 4.05. The molecule has 20 heavy (non-hydrogen) atoms. The highest BCUT2D eigenvalue weighted by Gasteiger charge is 2.13. The first-order chi connectivity index (χ1) is 9.83. The summed E-state index contributed by atoms with van der Waals surface area (Å²) in [7, 11) is 0. The average Bonchev–Trinajstić information content (AvgIpc) is 3.13. The predicted octanol–water partition coefficient (Wildman–Crippen LogP) is 2.65. The molecule has 1 aromatic carbocycles. The highest BCUT2D eigenvalue weighted by atomic mass is 16.5. The van der Waals surface area contributed by atoms with Crippen LogP contribution >= 0.6 is 0 Å². The summed E-state index contributed by atoms with van der Waals surface area (Å²) in [6.45, 7) is 5.76. The van der Waals surface area contributed by atoms with Gasteiger partial charge in [0.2, 0.25) is 0 Å². The van der Waals surface area contributed by atoms with Gasteiger partial charge < -0.3 is 14.6 Å². The lowest BCUT2D eigenvalue weighted by Crippen LogP contribution is -2.21. The van der Waals surface area contributed by atoms with Crippen molar-refractivity contribution >= 4 is 0 Å². The molecule has 0 spiro atoms. The van der Waals surface area contributed by atoms with E-state index in [1.54, 1.807) is 0 Å². The second-order valence-corrected chi connectivity index (χ2v) is 5.35. The summed E-state index contributed by atoms with van der Waals surface area (Å²) in [5.74, 6) is 0.